The molecule has 4 heteroatoms. The smallest absolute Gasteiger partial charge is 0.126 e. The highest BCUT2D eigenvalue weighted by Gasteiger charge is 2.01. The minimum absolute atomic E-state index is 0.775. The van der Waals surface area contributed by atoms with Gasteiger partial charge in [-0.15, -0.1) is 0 Å². The Morgan fingerprint density at radius 2 is 1.43 bits per heavy atom. The Balaban J connectivity index is 0.000000300. The molecule has 0 heterocycles. The zero-order valence-electron chi connectivity index (χ0n) is 19.2. The molecule has 0 aromatic heterocycles. The van der Waals surface area contributed by atoms with Crippen LogP contribution < -0.4 is 20.1 Å². The number of benzene rings is 2. The molecule has 0 unspecified atom stereocenters. The molecule has 0 atom stereocenters. The molecule has 2 aromatic rings. The molecule has 30 heavy (non-hydrogen) atoms. The van der Waals surface area contributed by atoms with Crippen molar-refractivity contribution < 1.29 is 9.47 Å². The van der Waals surface area contributed by atoms with Crippen LogP contribution in [0.1, 0.15) is 44.2 Å². The Morgan fingerprint density at radius 3 is 2.10 bits per heavy atom. The average molecular weight is 413 g/mol. The first-order chi connectivity index (χ1) is 14.8. The van der Waals surface area contributed by atoms with E-state index in [9.17, 15) is 0 Å². The fourth-order valence-electron chi connectivity index (χ4n) is 2.78. The third kappa shape index (κ3) is 11.0. The molecule has 0 bridgehead atoms. The summed E-state index contributed by atoms with van der Waals surface area (Å²) < 4.78 is 11.3. The van der Waals surface area contributed by atoms with Crippen molar-refractivity contribution in [3.05, 3.63) is 65.7 Å². The fourth-order valence-corrected chi connectivity index (χ4v) is 2.78. The zero-order valence-corrected chi connectivity index (χ0v) is 19.2. The van der Waals surface area contributed by atoms with E-state index in [0.717, 1.165) is 69.0 Å². The first kappa shape index (κ1) is 25.7. The molecular weight excluding hydrogens is 372 g/mol. The summed E-state index contributed by atoms with van der Waals surface area (Å²) in [6, 6.07) is 16.4. The van der Waals surface area contributed by atoms with Crippen LogP contribution in [0.15, 0.2) is 54.6 Å². The first-order valence-electron chi connectivity index (χ1n) is 11.1. The molecule has 2 rings (SSSR count). The van der Waals surface area contributed by atoms with Crippen molar-refractivity contribution in [2.45, 2.75) is 39.5 Å². The van der Waals surface area contributed by atoms with E-state index in [-0.39, 0.29) is 0 Å². The van der Waals surface area contributed by atoms with E-state index >= 15 is 0 Å². The van der Waals surface area contributed by atoms with Gasteiger partial charge in [-0.1, -0.05) is 62.4 Å². The predicted molar refractivity (Wildman–Crippen MR) is 130 cm³/mol. The molecule has 0 spiro atoms. The third-order valence-corrected chi connectivity index (χ3v) is 4.31. The maximum Gasteiger partial charge on any atom is 0.126 e. The molecule has 0 aliphatic rings. The number of hydrogen-bond donors (Lipinski definition) is 2. The standard InChI is InChI=1S/C13H21NO.C13H19NO/c2*1-3-11-15-13-9-5-4-7-12(13)8-6-10-14-2/h4-5,7,9,14H,3,6,8,10-11H2,1-2H3;4-9,14H,3,10-11H2,1-2H3/b;8-6+. The number of para-hydroxylation sites is 2. The maximum atomic E-state index is 5.70. The Bertz CT molecular complexity index is 701. The number of ether oxygens (including phenoxy) is 2. The van der Waals surface area contributed by atoms with Gasteiger partial charge in [-0.2, -0.15) is 0 Å². The summed E-state index contributed by atoms with van der Waals surface area (Å²) in [5, 5.41) is 6.23. The van der Waals surface area contributed by atoms with Gasteiger partial charge in [0.2, 0.25) is 0 Å². The molecule has 166 valence electrons. The lowest BCUT2D eigenvalue weighted by molar-refractivity contribution is 0.314. The molecule has 0 amide bonds. The largest absolute Gasteiger partial charge is 0.493 e. The number of aryl methyl sites for hydroxylation is 1. The molecular formula is C26H40N2O2. The lowest BCUT2D eigenvalue weighted by Crippen LogP contribution is -2.09. The van der Waals surface area contributed by atoms with E-state index in [2.05, 4.69) is 60.9 Å². The van der Waals surface area contributed by atoms with E-state index in [1.807, 2.05) is 38.4 Å². The molecule has 0 saturated carbocycles. The quantitative estimate of drug-likeness (QED) is 0.436. The Morgan fingerprint density at radius 1 is 0.800 bits per heavy atom. The monoisotopic (exact) mass is 412 g/mol. The van der Waals surface area contributed by atoms with E-state index in [4.69, 9.17) is 9.47 Å². The van der Waals surface area contributed by atoms with Gasteiger partial charge in [0.1, 0.15) is 11.5 Å². The number of likely N-dealkylation sites (N-methyl/N-ethyl adjacent to an activating group) is 1. The minimum atomic E-state index is 0.775. The Labute approximate surface area is 183 Å². The second kappa shape index (κ2) is 17.5. The van der Waals surface area contributed by atoms with Gasteiger partial charge in [-0.3, -0.25) is 0 Å². The van der Waals surface area contributed by atoms with Crippen LogP contribution in [-0.2, 0) is 6.42 Å². The first-order valence-corrected chi connectivity index (χ1v) is 11.1. The van der Waals surface area contributed by atoms with Gasteiger partial charge < -0.3 is 20.1 Å². The van der Waals surface area contributed by atoms with Gasteiger partial charge >= 0.3 is 0 Å². The van der Waals surface area contributed by atoms with Gasteiger partial charge in [-0.05, 0) is 64.0 Å². The minimum Gasteiger partial charge on any atom is -0.493 e. The van der Waals surface area contributed by atoms with Crippen molar-refractivity contribution >= 4 is 6.08 Å². The molecule has 4 nitrogen and oxygen atoms in total. The van der Waals surface area contributed by atoms with Crippen LogP contribution in [0.25, 0.3) is 6.08 Å². The Hall–Kier alpha value is -2.30. The van der Waals surface area contributed by atoms with Crippen molar-refractivity contribution in [2.24, 2.45) is 0 Å². The van der Waals surface area contributed by atoms with Crippen LogP contribution in [-0.4, -0.2) is 40.4 Å². The van der Waals surface area contributed by atoms with Gasteiger partial charge in [0, 0.05) is 12.1 Å². The van der Waals surface area contributed by atoms with Crippen molar-refractivity contribution in [1.29, 1.82) is 0 Å². The number of nitrogens with one attached hydrogen (secondary N) is 2. The predicted octanol–water partition coefficient (Wildman–Crippen LogP) is 5.34. The van der Waals surface area contributed by atoms with E-state index in [1.165, 1.54) is 5.56 Å². The number of hydrogen-bond acceptors (Lipinski definition) is 4. The average Bonchev–Trinajstić information content (AvgIpc) is 2.78. The van der Waals surface area contributed by atoms with Gasteiger partial charge in [0.15, 0.2) is 0 Å². The lowest BCUT2D eigenvalue weighted by atomic mass is 10.1. The molecule has 2 N–H and O–H groups in total. The normalized spacial score (nSPS) is 10.5. The number of rotatable bonds is 13. The Kier molecular flexibility index (Phi) is 15.1. The van der Waals surface area contributed by atoms with Crippen molar-refractivity contribution in [3.63, 3.8) is 0 Å². The lowest BCUT2D eigenvalue weighted by Gasteiger charge is -2.10. The van der Waals surface area contributed by atoms with Crippen LogP contribution in [0.2, 0.25) is 0 Å². The maximum absolute atomic E-state index is 5.70. The van der Waals surface area contributed by atoms with Crippen LogP contribution in [0, 0.1) is 0 Å². The third-order valence-electron chi connectivity index (χ3n) is 4.31. The fraction of sp³-hybridized carbons (Fsp3) is 0.462. The van der Waals surface area contributed by atoms with Crippen LogP contribution in [0.5, 0.6) is 11.5 Å². The van der Waals surface area contributed by atoms with E-state index in [0.29, 0.717) is 0 Å². The summed E-state index contributed by atoms with van der Waals surface area (Å²) in [7, 11) is 3.92. The molecule has 0 saturated heterocycles. The molecule has 0 fully saturated rings. The molecule has 0 aliphatic carbocycles. The summed E-state index contributed by atoms with van der Waals surface area (Å²) in [6.45, 7) is 7.76. The highest BCUT2D eigenvalue weighted by molar-refractivity contribution is 5.57. The second-order valence-corrected chi connectivity index (χ2v) is 7.01. The molecule has 0 aliphatic heterocycles. The van der Waals surface area contributed by atoms with Crippen molar-refractivity contribution in [3.8, 4) is 11.5 Å². The summed E-state index contributed by atoms with van der Waals surface area (Å²) >= 11 is 0. The summed E-state index contributed by atoms with van der Waals surface area (Å²) in [6.07, 6.45) is 8.51. The highest BCUT2D eigenvalue weighted by atomic mass is 16.5. The SMILES string of the molecule is CCCOc1ccccc1/C=C/CNC.CCCOc1ccccc1CCCNC. The van der Waals surface area contributed by atoms with Crippen molar-refractivity contribution in [1.82, 2.24) is 10.6 Å². The summed E-state index contributed by atoms with van der Waals surface area (Å²) in [5.74, 6) is 2.02. The van der Waals surface area contributed by atoms with E-state index in [1.54, 1.807) is 0 Å². The second-order valence-electron chi connectivity index (χ2n) is 7.01. The topological polar surface area (TPSA) is 42.5 Å². The summed E-state index contributed by atoms with van der Waals surface area (Å²) in [4.78, 5) is 0. The van der Waals surface area contributed by atoms with Gasteiger partial charge in [-0.25, -0.2) is 0 Å². The van der Waals surface area contributed by atoms with Gasteiger partial charge in [0.05, 0.1) is 13.2 Å². The highest BCUT2D eigenvalue weighted by Crippen LogP contribution is 2.20. The van der Waals surface area contributed by atoms with Crippen LogP contribution in [0.4, 0.5) is 0 Å². The zero-order chi connectivity index (χ0) is 21.9. The summed E-state index contributed by atoms with van der Waals surface area (Å²) in [5.41, 5.74) is 2.46. The van der Waals surface area contributed by atoms with E-state index < -0.39 is 0 Å². The molecule has 2 aromatic carbocycles. The van der Waals surface area contributed by atoms with Crippen LogP contribution in [0.3, 0.4) is 0 Å². The molecule has 0 radical (unpaired) electrons. The van der Waals surface area contributed by atoms with Crippen LogP contribution >= 0.6 is 0 Å². The van der Waals surface area contributed by atoms with Crippen molar-refractivity contribution in [2.75, 3.05) is 40.4 Å². The van der Waals surface area contributed by atoms with Gasteiger partial charge in [0.25, 0.3) is 0 Å².